The van der Waals surface area contributed by atoms with Gasteiger partial charge in [0.05, 0.1) is 24.1 Å². The minimum absolute atomic E-state index is 0.0542. The number of halogens is 6. The number of hydrogen-bond donors (Lipinski definition) is 1. The van der Waals surface area contributed by atoms with Crippen molar-refractivity contribution in [2.75, 3.05) is 0 Å². The molecule has 148 valence electrons. The second-order valence-electron chi connectivity index (χ2n) is 5.91. The molecule has 0 aliphatic carbocycles. The zero-order chi connectivity index (χ0) is 20.5. The number of carbonyl (C=O) groups excluding carboxylic acids is 1. The molecule has 11 heteroatoms. The van der Waals surface area contributed by atoms with E-state index in [0.29, 0.717) is 0 Å². The third-order valence-electron chi connectivity index (χ3n) is 3.86. The van der Waals surface area contributed by atoms with Crippen LogP contribution in [0.4, 0.5) is 26.3 Å². The third kappa shape index (κ3) is 4.41. The van der Waals surface area contributed by atoms with E-state index in [2.05, 4.69) is 15.5 Å². The van der Waals surface area contributed by atoms with Crippen LogP contribution in [-0.2, 0) is 30.1 Å². The smallest absolute Gasteiger partial charge is 0.348 e. The molecule has 0 unspecified atom stereocenters. The van der Waals surface area contributed by atoms with Gasteiger partial charge in [-0.1, -0.05) is 18.2 Å². The van der Waals surface area contributed by atoms with E-state index in [4.69, 9.17) is 0 Å². The van der Waals surface area contributed by atoms with Crippen LogP contribution in [-0.4, -0.2) is 20.5 Å². The molecule has 2 aromatic heterocycles. The molecule has 0 bridgehead atoms. The molecule has 0 spiro atoms. The Morgan fingerprint density at radius 3 is 2.36 bits per heavy atom. The van der Waals surface area contributed by atoms with Gasteiger partial charge in [0.1, 0.15) is 0 Å². The number of nitrogens with zero attached hydrogens (tertiary/aromatic N) is 3. The van der Waals surface area contributed by atoms with Crippen molar-refractivity contribution in [1.82, 2.24) is 19.9 Å². The summed E-state index contributed by atoms with van der Waals surface area (Å²) in [6.45, 7) is -0.236. The highest BCUT2D eigenvalue weighted by Gasteiger charge is 2.31. The number of amides is 1. The first-order valence-electron chi connectivity index (χ1n) is 7.88. The van der Waals surface area contributed by atoms with Gasteiger partial charge in [0.25, 0.3) is 0 Å². The Balaban J connectivity index is 1.70. The predicted octanol–water partition coefficient (Wildman–Crippen LogP) is 3.63. The lowest BCUT2D eigenvalue weighted by Crippen LogP contribution is -2.25. The van der Waals surface area contributed by atoms with Gasteiger partial charge in [-0.2, -0.15) is 26.3 Å². The standard InChI is InChI=1S/C17H12F6N4O/c18-16(19,20)11-3-1-2-10(6-11)7-15(28)24-8-14-26-25-13-5-4-12(9-27(13)14)17(21,22)23/h1-6,9H,7-8H2,(H,24,28). The zero-order valence-electron chi connectivity index (χ0n) is 14.0. The van der Waals surface area contributed by atoms with E-state index in [1.807, 2.05) is 0 Å². The van der Waals surface area contributed by atoms with E-state index in [1.54, 1.807) is 0 Å². The molecule has 3 rings (SSSR count). The molecule has 3 aromatic rings. The maximum Gasteiger partial charge on any atom is 0.417 e. The van der Waals surface area contributed by atoms with Crippen molar-refractivity contribution in [3.8, 4) is 0 Å². The average molecular weight is 402 g/mol. The summed E-state index contributed by atoms with van der Waals surface area (Å²) in [6, 6.07) is 6.32. The van der Waals surface area contributed by atoms with Crippen LogP contribution in [0.15, 0.2) is 42.6 Å². The summed E-state index contributed by atoms with van der Waals surface area (Å²) < 4.78 is 77.7. The van der Waals surface area contributed by atoms with E-state index in [9.17, 15) is 31.1 Å². The third-order valence-corrected chi connectivity index (χ3v) is 3.86. The van der Waals surface area contributed by atoms with E-state index < -0.39 is 29.4 Å². The second kappa shape index (κ2) is 7.13. The first-order valence-corrected chi connectivity index (χ1v) is 7.88. The van der Waals surface area contributed by atoms with E-state index >= 15 is 0 Å². The van der Waals surface area contributed by atoms with Crippen LogP contribution in [0.25, 0.3) is 5.65 Å². The van der Waals surface area contributed by atoms with Gasteiger partial charge in [0.15, 0.2) is 11.5 Å². The Morgan fingerprint density at radius 2 is 1.68 bits per heavy atom. The molecule has 0 aliphatic rings. The average Bonchev–Trinajstić information content (AvgIpc) is 3.01. The van der Waals surface area contributed by atoms with Crippen LogP contribution in [0.1, 0.15) is 22.5 Å². The second-order valence-corrected chi connectivity index (χ2v) is 5.91. The molecular weight excluding hydrogens is 390 g/mol. The summed E-state index contributed by atoms with van der Waals surface area (Å²) in [5, 5.41) is 9.86. The Kier molecular flexibility index (Phi) is 5.01. The van der Waals surface area contributed by atoms with Gasteiger partial charge < -0.3 is 5.32 Å². The number of fused-ring (bicyclic) bond motifs is 1. The van der Waals surface area contributed by atoms with Crippen LogP contribution in [0.3, 0.4) is 0 Å². The Hall–Kier alpha value is -3.11. The lowest BCUT2D eigenvalue weighted by Gasteiger charge is -2.09. The Labute approximate surface area is 154 Å². The number of pyridine rings is 1. The molecule has 0 aliphatic heterocycles. The van der Waals surface area contributed by atoms with Crippen molar-refractivity contribution in [1.29, 1.82) is 0 Å². The van der Waals surface area contributed by atoms with Gasteiger partial charge in [-0.3, -0.25) is 9.20 Å². The molecule has 1 amide bonds. The van der Waals surface area contributed by atoms with Crippen LogP contribution in [0, 0.1) is 0 Å². The summed E-state index contributed by atoms with van der Waals surface area (Å²) in [4.78, 5) is 12.0. The van der Waals surface area contributed by atoms with Gasteiger partial charge >= 0.3 is 12.4 Å². The largest absolute Gasteiger partial charge is 0.417 e. The Bertz CT molecular complexity index is 1010. The summed E-state index contributed by atoms with van der Waals surface area (Å²) in [6.07, 6.45) is -8.59. The van der Waals surface area contributed by atoms with Crippen molar-refractivity contribution in [2.45, 2.75) is 25.3 Å². The molecule has 0 atom stereocenters. The minimum atomic E-state index is -4.55. The van der Waals surface area contributed by atoms with Gasteiger partial charge in [0, 0.05) is 6.20 Å². The molecule has 0 radical (unpaired) electrons. The van der Waals surface area contributed by atoms with Gasteiger partial charge in [0.2, 0.25) is 5.91 Å². The fourth-order valence-corrected chi connectivity index (χ4v) is 2.51. The molecule has 2 heterocycles. The van der Waals surface area contributed by atoms with Crippen molar-refractivity contribution in [3.63, 3.8) is 0 Å². The van der Waals surface area contributed by atoms with Crippen molar-refractivity contribution in [3.05, 3.63) is 65.1 Å². The first kappa shape index (κ1) is 19.6. The zero-order valence-corrected chi connectivity index (χ0v) is 14.0. The van der Waals surface area contributed by atoms with Crippen molar-refractivity contribution in [2.24, 2.45) is 0 Å². The monoisotopic (exact) mass is 402 g/mol. The number of benzene rings is 1. The van der Waals surface area contributed by atoms with Crippen LogP contribution < -0.4 is 5.32 Å². The molecule has 0 saturated heterocycles. The summed E-state index contributed by atoms with van der Waals surface area (Å²) in [7, 11) is 0. The SMILES string of the molecule is O=C(Cc1cccc(C(F)(F)F)c1)NCc1nnc2ccc(C(F)(F)F)cn12. The molecule has 0 saturated carbocycles. The Morgan fingerprint density at radius 1 is 0.964 bits per heavy atom. The normalized spacial score (nSPS) is 12.4. The molecule has 5 nitrogen and oxygen atoms in total. The quantitative estimate of drug-likeness (QED) is 0.679. The van der Waals surface area contributed by atoms with Gasteiger partial charge in [-0.05, 0) is 23.8 Å². The highest BCUT2D eigenvalue weighted by Crippen LogP contribution is 2.30. The fourth-order valence-electron chi connectivity index (χ4n) is 2.51. The fraction of sp³-hybridized carbons (Fsp3) is 0.235. The summed E-state index contributed by atoms with van der Waals surface area (Å²) in [5.41, 5.74) is -1.47. The lowest BCUT2D eigenvalue weighted by atomic mass is 10.1. The van der Waals surface area contributed by atoms with E-state index in [-0.39, 0.29) is 30.0 Å². The topological polar surface area (TPSA) is 59.3 Å². The molecule has 1 N–H and O–H groups in total. The minimum Gasteiger partial charge on any atom is -0.348 e. The highest BCUT2D eigenvalue weighted by molar-refractivity contribution is 5.78. The number of rotatable bonds is 4. The molecule has 0 fully saturated rings. The number of carbonyl (C=O) groups is 1. The maximum absolute atomic E-state index is 12.8. The maximum atomic E-state index is 12.8. The van der Waals surface area contributed by atoms with Crippen LogP contribution in [0.5, 0.6) is 0 Å². The van der Waals surface area contributed by atoms with Gasteiger partial charge in [-0.25, -0.2) is 0 Å². The van der Waals surface area contributed by atoms with Gasteiger partial charge in [-0.15, -0.1) is 10.2 Å². The molecule has 1 aromatic carbocycles. The first-order chi connectivity index (χ1) is 13.0. The van der Waals surface area contributed by atoms with E-state index in [0.717, 1.165) is 34.9 Å². The van der Waals surface area contributed by atoms with Crippen LogP contribution >= 0.6 is 0 Å². The number of nitrogens with one attached hydrogen (secondary N) is 1. The van der Waals surface area contributed by atoms with Crippen LogP contribution in [0.2, 0.25) is 0 Å². The predicted molar refractivity (Wildman–Crippen MR) is 85.0 cm³/mol. The number of alkyl halides is 6. The van der Waals surface area contributed by atoms with Crippen molar-refractivity contribution < 1.29 is 31.1 Å². The molecular formula is C17H12F6N4O. The molecule has 28 heavy (non-hydrogen) atoms. The highest BCUT2D eigenvalue weighted by atomic mass is 19.4. The summed E-state index contributed by atoms with van der Waals surface area (Å²) in [5.74, 6) is -0.554. The summed E-state index contributed by atoms with van der Waals surface area (Å²) >= 11 is 0. The van der Waals surface area contributed by atoms with Crippen molar-refractivity contribution >= 4 is 11.6 Å². The number of hydrogen-bond acceptors (Lipinski definition) is 3. The lowest BCUT2D eigenvalue weighted by molar-refractivity contribution is -0.138. The van der Waals surface area contributed by atoms with E-state index in [1.165, 1.54) is 12.1 Å². The number of aromatic nitrogens is 3.